The second-order valence-electron chi connectivity index (χ2n) is 5.05. The lowest BCUT2D eigenvalue weighted by Crippen LogP contribution is -2.16. The fraction of sp³-hybridized carbons (Fsp3) is 0.125. The van der Waals surface area contributed by atoms with Gasteiger partial charge in [0.25, 0.3) is 10.0 Å². The standard InChI is InChI=1S/C16H13ClN2O4S/c1-10-18-13-5-3-4-6-14(13)19(10)24(21,22)15-9-11(16(20)23-2)7-8-12(15)17/h3-9H,1-2H3. The number of carbonyl (C=O) groups is 1. The van der Waals surface area contributed by atoms with E-state index in [-0.39, 0.29) is 15.5 Å². The zero-order valence-electron chi connectivity index (χ0n) is 12.9. The van der Waals surface area contributed by atoms with E-state index in [1.54, 1.807) is 31.2 Å². The van der Waals surface area contributed by atoms with Crippen molar-refractivity contribution in [3.05, 3.63) is 58.9 Å². The van der Waals surface area contributed by atoms with Crippen LogP contribution in [0.2, 0.25) is 5.02 Å². The molecule has 0 saturated heterocycles. The van der Waals surface area contributed by atoms with Crippen molar-refractivity contribution in [1.82, 2.24) is 8.96 Å². The number of aromatic nitrogens is 2. The van der Waals surface area contributed by atoms with Gasteiger partial charge >= 0.3 is 5.97 Å². The second-order valence-corrected chi connectivity index (χ2v) is 7.22. The molecule has 0 aliphatic heterocycles. The molecule has 0 atom stereocenters. The van der Waals surface area contributed by atoms with E-state index in [1.165, 1.54) is 25.3 Å². The Morgan fingerprint density at radius 2 is 1.92 bits per heavy atom. The van der Waals surface area contributed by atoms with Crippen LogP contribution in [0.3, 0.4) is 0 Å². The van der Waals surface area contributed by atoms with Gasteiger partial charge in [0.2, 0.25) is 0 Å². The molecule has 0 aliphatic carbocycles. The number of methoxy groups -OCH3 is 1. The van der Waals surface area contributed by atoms with Gasteiger partial charge in [-0.2, -0.15) is 0 Å². The van der Waals surface area contributed by atoms with E-state index in [9.17, 15) is 13.2 Å². The van der Waals surface area contributed by atoms with Crippen LogP contribution in [0.1, 0.15) is 16.2 Å². The molecule has 0 amide bonds. The van der Waals surface area contributed by atoms with Crippen LogP contribution in [-0.4, -0.2) is 30.5 Å². The molecule has 0 saturated carbocycles. The summed E-state index contributed by atoms with van der Waals surface area (Å²) in [5, 5.41) is 0.0137. The lowest BCUT2D eigenvalue weighted by Gasteiger charge is -2.11. The minimum atomic E-state index is -4.03. The summed E-state index contributed by atoms with van der Waals surface area (Å²) in [5.74, 6) is -0.342. The molecule has 0 fully saturated rings. The number of para-hydroxylation sites is 2. The van der Waals surface area contributed by atoms with Gasteiger partial charge in [0.05, 0.1) is 28.7 Å². The minimum absolute atomic E-state index is 0.0137. The molecule has 0 aliphatic rings. The zero-order valence-corrected chi connectivity index (χ0v) is 14.4. The molecular weight excluding hydrogens is 352 g/mol. The number of rotatable bonds is 3. The quantitative estimate of drug-likeness (QED) is 0.667. The third kappa shape index (κ3) is 2.55. The molecule has 0 bridgehead atoms. The molecule has 1 heterocycles. The van der Waals surface area contributed by atoms with Crippen LogP contribution >= 0.6 is 11.6 Å². The molecular formula is C16H13ClN2O4S. The molecule has 0 radical (unpaired) electrons. The van der Waals surface area contributed by atoms with E-state index in [4.69, 9.17) is 11.6 Å². The van der Waals surface area contributed by atoms with Crippen LogP contribution in [0, 0.1) is 6.92 Å². The van der Waals surface area contributed by atoms with Gasteiger partial charge in [-0.25, -0.2) is 22.2 Å². The predicted octanol–water partition coefficient (Wildman–Crippen LogP) is 3.02. The van der Waals surface area contributed by atoms with Crippen molar-refractivity contribution >= 4 is 38.6 Å². The lowest BCUT2D eigenvalue weighted by molar-refractivity contribution is 0.0600. The van der Waals surface area contributed by atoms with Gasteiger partial charge in [0.1, 0.15) is 10.7 Å². The Morgan fingerprint density at radius 1 is 1.21 bits per heavy atom. The largest absolute Gasteiger partial charge is 0.465 e. The third-order valence-corrected chi connectivity index (χ3v) is 5.82. The maximum Gasteiger partial charge on any atom is 0.337 e. The first-order chi connectivity index (χ1) is 11.4. The molecule has 0 spiro atoms. The van der Waals surface area contributed by atoms with Crippen LogP contribution in [0.4, 0.5) is 0 Å². The van der Waals surface area contributed by atoms with Gasteiger partial charge < -0.3 is 4.74 Å². The number of fused-ring (bicyclic) bond motifs is 1. The van der Waals surface area contributed by atoms with Crippen LogP contribution < -0.4 is 0 Å². The van der Waals surface area contributed by atoms with E-state index in [0.29, 0.717) is 16.9 Å². The Labute approximate surface area is 143 Å². The number of carbonyl (C=O) groups excluding carboxylic acids is 1. The first kappa shape index (κ1) is 16.5. The fourth-order valence-corrected chi connectivity index (χ4v) is 4.47. The average Bonchev–Trinajstić information content (AvgIpc) is 2.90. The molecule has 1 aromatic heterocycles. The van der Waals surface area contributed by atoms with E-state index in [0.717, 1.165) is 3.97 Å². The normalized spacial score (nSPS) is 11.6. The Morgan fingerprint density at radius 3 is 2.62 bits per heavy atom. The Hall–Kier alpha value is -2.38. The number of benzene rings is 2. The summed E-state index contributed by atoms with van der Waals surface area (Å²) in [6, 6.07) is 10.9. The van der Waals surface area contributed by atoms with E-state index in [2.05, 4.69) is 9.72 Å². The van der Waals surface area contributed by atoms with Crippen molar-refractivity contribution < 1.29 is 17.9 Å². The summed E-state index contributed by atoms with van der Waals surface area (Å²) in [7, 11) is -2.81. The highest BCUT2D eigenvalue weighted by atomic mass is 35.5. The smallest absolute Gasteiger partial charge is 0.337 e. The third-order valence-electron chi connectivity index (χ3n) is 3.55. The molecule has 8 heteroatoms. The summed E-state index contributed by atoms with van der Waals surface area (Å²) in [6.45, 7) is 1.59. The summed E-state index contributed by atoms with van der Waals surface area (Å²) < 4.78 is 31.9. The summed E-state index contributed by atoms with van der Waals surface area (Å²) in [4.78, 5) is 15.8. The van der Waals surface area contributed by atoms with E-state index < -0.39 is 16.0 Å². The van der Waals surface area contributed by atoms with Crippen LogP contribution in [0.25, 0.3) is 11.0 Å². The van der Waals surface area contributed by atoms with Crippen LogP contribution in [0.5, 0.6) is 0 Å². The van der Waals surface area contributed by atoms with Crippen molar-refractivity contribution in [2.45, 2.75) is 11.8 Å². The first-order valence-electron chi connectivity index (χ1n) is 6.94. The van der Waals surface area contributed by atoms with Gasteiger partial charge in [-0.1, -0.05) is 23.7 Å². The zero-order chi connectivity index (χ0) is 17.5. The fourth-order valence-electron chi connectivity index (χ4n) is 2.47. The van der Waals surface area contributed by atoms with Crippen molar-refractivity contribution in [1.29, 1.82) is 0 Å². The van der Waals surface area contributed by atoms with Gasteiger partial charge in [0, 0.05) is 0 Å². The predicted molar refractivity (Wildman–Crippen MR) is 89.8 cm³/mol. The Kier molecular flexibility index (Phi) is 4.06. The van der Waals surface area contributed by atoms with Gasteiger partial charge in [-0.3, -0.25) is 0 Å². The van der Waals surface area contributed by atoms with E-state index >= 15 is 0 Å². The minimum Gasteiger partial charge on any atom is -0.465 e. The van der Waals surface area contributed by atoms with Crippen molar-refractivity contribution in [2.75, 3.05) is 7.11 Å². The summed E-state index contributed by atoms with van der Waals surface area (Å²) in [5.41, 5.74) is 1.09. The number of esters is 1. The number of hydrogen-bond acceptors (Lipinski definition) is 5. The topological polar surface area (TPSA) is 78.3 Å². The number of ether oxygens (including phenoxy) is 1. The first-order valence-corrected chi connectivity index (χ1v) is 8.75. The lowest BCUT2D eigenvalue weighted by atomic mass is 10.2. The number of aryl methyl sites for hydroxylation is 1. The average molecular weight is 365 g/mol. The van der Waals surface area contributed by atoms with E-state index in [1.807, 2.05) is 0 Å². The van der Waals surface area contributed by atoms with Gasteiger partial charge in [-0.05, 0) is 37.3 Å². The molecule has 2 aromatic carbocycles. The number of hydrogen-bond donors (Lipinski definition) is 0. The van der Waals surface area contributed by atoms with Crippen LogP contribution in [0.15, 0.2) is 47.4 Å². The molecule has 24 heavy (non-hydrogen) atoms. The second kappa shape index (κ2) is 5.92. The van der Waals surface area contributed by atoms with Gasteiger partial charge in [0.15, 0.2) is 0 Å². The monoisotopic (exact) mass is 364 g/mol. The maximum absolute atomic E-state index is 13.1. The number of halogens is 1. The van der Waals surface area contributed by atoms with Crippen molar-refractivity contribution in [2.24, 2.45) is 0 Å². The number of nitrogens with zero attached hydrogens (tertiary/aromatic N) is 2. The maximum atomic E-state index is 13.1. The Bertz CT molecular complexity index is 1060. The van der Waals surface area contributed by atoms with Crippen LogP contribution in [-0.2, 0) is 14.8 Å². The highest BCUT2D eigenvalue weighted by Crippen LogP contribution is 2.28. The molecule has 124 valence electrons. The highest BCUT2D eigenvalue weighted by Gasteiger charge is 2.26. The van der Waals surface area contributed by atoms with Gasteiger partial charge in [-0.15, -0.1) is 0 Å². The molecule has 6 nitrogen and oxygen atoms in total. The molecule has 3 rings (SSSR count). The van der Waals surface area contributed by atoms with Crippen molar-refractivity contribution in [3.8, 4) is 0 Å². The summed E-state index contributed by atoms with van der Waals surface area (Å²) in [6.07, 6.45) is 0. The SMILES string of the molecule is COC(=O)c1ccc(Cl)c(S(=O)(=O)n2c(C)nc3ccccc32)c1. The molecule has 0 unspecified atom stereocenters. The van der Waals surface area contributed by atoms with Crippen molar-refractivity contribution in [3.63, 3.8) is 0 Å². The molecule has 0 N–H and O–H groups in total. The highest BCUT2D eigenvalue weighted by molar-refractivity contribution is 7.90. The Balaban J connectivity index is 2.28. The summed E-state index contributed by atoms with van der Waals surface area (Å²) >= 11 is 6.08. The number of imidazole rings is 1. The molecule has 3 aromatic rings.